The van der Waals surface area contributed by atoms with Crippen molar-refractivity contribution in [1.29, 1.82) is 0 Å². The second kappa shape index (κ2) is 9.32. The van der Waals surface area contributed by atoms with Gasteiger partial charge in [-0.2, -0.15) is 0 Å². The number of thiocarbonyl (C=S) groups is 1. The zero-order chi connectivity index (χ0) is 16.7. The normalized spacial score (nSPS) is 15.8. The summed E-state index contributed by atoms with van der Waals surface area (Å²) in [5.74, 6) is 0.535. The van der Waals surface area contributed by atoms with Crippen molar-refractivity contribution in [2.75, 3.05) is 52.6 Å². The van der Waals surface area contributed by atoms with Crippen molar-refractivity contribution in [3.8, 4) is 0 Å². The SMILES string of the molecule is CC(C)NC(=O)CN1CCN(C(=O)CSC(=S)N(C)C)CC1. The molecule has 8 heteroatoms. The zero-order valence-corrected chi connectivity index (χ0v) is 15.4. The standard InChI is InChI=1S/C14H26N4O2S2/c1-11(2)15-12(19)9-17-5-7-18(8-6-17)13(20)10-22-14(21)16(3)4/h11H,5-10H2,1-4H3,(H,15,19). The van der Waals surface area contributed by atoms with Crippen LogP contribution in [0.1, 0.15) is 13.8 Å². The molecule has 1 heterocycles. The van der Waals surface area contributed by atoms with Crippen molar-refractivity contribution in [3.05, 3.63) is 0 Å². The molecule has 0 aromatic rings. The molecule has 1 fully saturated rings. The highest BCUT2D eigenvalue weighted by molar-refractivity contribution is 8.23. The van der Waals surface area contributed by atoms with Gasteiger partial charge in [0, 0.05) is 46.3 Å². The van der Waals surface area contributed by atoms with Gasteiger partial charge >= 0.3 is 0 Å². The van der Waals surface area contributed by atoms with Crippen molar-refractivity contribution >= 4 is 40.1 Å². The number of rotatable bonds is 5. The lowest BCUT2D eigenvalue weighted by molar-refractivity contribution is -0.130. The molecule has 0 radical (unpaired) electrons. The van der Waals surface area contributed by atoms with E-state index in [9.17, 15) is 9.59 Å². The summed E-state index contributed by atoms with van der Waals surface area (Å²) in [5, 5.41) is 2.88. The summed E-state index contributed by atoms with van der Waals surface area (Å²) < 4.78 is 0.720. The quantitative estimate of drug-likeness (QED) is 0.720. The second-order valence-corrected chi connectivity index (χ2v) is 7.44. The summed E-state index contributed by atoms with van der Waals surface area (Å²) >= 11 is 6.56. The monoisotopic (exact) mass is 346 g/mol. The number of hydrogen-bond acceptors (Lipinski definition) is 5. The Labute approximate surface area is 142 Å². The third kappa shape index (κ3) is 6.93. The number of carbonyl (C=O) groups is 2. The summed E-state index contributed by atoms with van der Waals surface area (Å²) in [7, 11) is 3.75. The largest absolute Gasteiger partial charge is 0.364 e. The predicted octanol–water partition coefficient (Wildman–Crippen LogP) is 0.235. The summed E-state index contributed by atoms with van der Waals surface area (Å²) in [5.41, 5.74) is 0. The molecule has 0 aromatic carbocycles. The van der Waals surface area contributed by atoms with Crippen LogP contribution in [-0.2, 0) is 9.59 Å². The molecule has 0 aliphatic carbocycles. The molecule has 22 heavy (non-hydrogen) atoms. The minimum absolute atomic E-state index is 0.0432. The van der Waals surface area contributed by atoms with E-state index >= 15 is 0 Å². The third-order valence-corrected chi connectivity index (χ3v) is 4.95. The Morgan fingerprint density at radius 3 is 2.32 bits per heavy atom. The van der Waals surface area contributed by atoms with Gasteiger partial charge in [-0.15, -0.1) is 0 Å². The van der Waals surface area contributed by atoms with E-state index in [1.54, 1.807) is 0 Å². The highest BCUT2D eigenvalue weighted by Gasteiger charge is 2.22. The highest BCUT2D eigenvalue weighted by atomic mass is 32.2. The number of amides is 2. The number of carbonyl (C=O) groups excluding carboxylic acids is 2. The van der Waals surface area contributed by atoms with Crippen molar-refractivity contribution in [3.63, 3.8) is 0 Å². The molecule has 1 rings (SSSR count). The van der Waals surface area contributed by atoms with Gasteiger partial charge in [0.25, 0.3) is 0 Å². The van der Waals surface area contributed by atoms with E-state index < -0.39 is 0 Å². The average molecular weight is 347 g/mol. The molecule has 126 valence electrons. The topological polar surface area (TPSA) is 55.9 Å². The van der Waals surface area contributed by atoms with Gasteiger partial charge in [0.2, 0.25) is 11.8 Å². The fourth-order valence-electron chi connectivity index (χ4n) is 2.07. The molecule has 0 atom stereocenters. The zero-order valence-electron chi connectivity index (χ0n) is 13.8. The van der Waals surface area contributed by atoms with Crippen LogP contribution < -0.4 is 5.32 Å². The van der Waals surface area contributed by atoms with Gasteiger partial charge in [-0.3, -0.25) is 14.5 Å². The number of nitrogens with zero attached hydrogens (tertiary/aromatic N) is 3. The Balaban J connectivity index is 2.28. The van der Waals surface area contributed by atoms with E-state index in [0.29, 0.717) is 25.4 Å². The fraction of sp³-hybridized carbons (Fsp3) is 0.786. The first-order valence-corrected chi connectivity index (χ1v) is 8.82. The Morgan fingerprint density at radius 2 is 1.82 bits per heavy atom. The minimum atomic E-state index is 0.0432. The minimum Gasteiger partial charge on any atom is -0.364 e. The summed E-state index contributed by atoms with van der Waals surface area (Å²) in [6.45, 7) is 7.11. The summed E-state index contributed by atoms with van der Waals surface area (Å²) in [4.78, 5) is 29.6. The van der Waals surface area contributed by atoms with Crippen LogP contribution in [0.3, 0.4) is 0 Å². The van der Waals surface area contributed by atoms with Gasteiger partial charge in [-0.1, -0.05) is 24.0 Å². The molecular formula is C14H26N4O2S2. The van der Waals surface area contributed by atoms with Crippen LogP contribution in [-0.4, -0.2) is 89.4 Å². The van der Waals surface area contributed by atoms with Gasteiger partial charge in [-0.25, -0.2) is 0 Å². The van der Waals surface area contributed by atoms with Crippen LogP contribution in [0.15, 0.2) is 0 Å². The molecule has 1 aliphatic rings. The van der Waals surface area contributed by atoms with Crippen LogP contribution in [0.4, 0.5) is 0 Å². The maximum absolute atomic E-state index is 12.1. The average Bonchev–Trinajstić information content (AvgIpc) is 2.44. The first-order valence-electron chi connectivity index (χ1n) is 7.43. The fourth-order valence-corrected chi connectivity index (χ4v) is 2.93. The number of hydrogen-bond donors (Lipinski definition) is 1. The number of nitrogens with one attached hydrogen (secondary N) is 1. The Morgan fingerprint density at radius 1 is 1.23 bits per heavy atom. The van der Waals surface area contributed by atoms with E-state index in [0.717, 1.165) is 17.4 Å². The van der Waals surface area contributed by atoms with Gasteiger partial charge in [0.1, 0.15) is 4.32 Å². The summed E-state index contributed by atoms with van der Waals surface area (Å²) in [6.07, 6.45) is 0. The van der Waals surface area contributed by atoms with Crippen molar-refractivity contribution < 1.29 is 9.59 Å². The molecular weight excluding hydrogens is 320 g/mol. The molecule has 0 saturated carbocycles. The van der Waals surface area contributed by atoms with Gasteiger partial charge in [0.05, 0.1) is 12.3 Å². The van der Waals surface area contributed by atoms with Crippen LogP contribution in [0.5, 0.6) is 0 Å². The molecule has 0 unspecified atom stereocenters. The van der Waals surface area contributed by atoms with Crippen LogP contribution in [0, 0.1) is 0 Å². The molecule has 0 bridgehead atoms. The Hall–Kier alpha value is -0.860. The van der Waals surface area contributed by atoms with Gasteiger partial charge in [0.15, 0.2) is 0 Å². The third-order valence-electron chi connectivity index (χ3n) is 3.23. The van der Waals surface area contributed by atoms with E-state index in [-0.39, 0.29) is 17.9 Å². The van der Waals surface area contributed by atoms with Crippen molar-refractivity contribution in [2.24, 2.45) is 0 Å². The lowest BCUT2D eigenvalue weighted by Crippen LogP contribution is -2.52. The number of piperazine rings is 1. The molecule has 0 aromatic heterocycles. The molecule has 0 spiro atoms. The van der Waals surface area contributed by atoms with E-state index in [1.165, 1.54) is 11.8 Å². The molecule has 6 nitrogen and oxygen atoms in total. The van der Waals surface area contributed by atoms with E-state index in [1.807, 2.05) is 37.7 Å². The van der Waals surface area contributed by atoms with Crippen molar-refractivity contribution in [1.82, 2.24) is 20.0 Å². The predicted molar refractivity (Wildman–Crippen MR) is 95.0 cm³/mol. The highest BCUT2D eigenvalue weighted by Crippen LogP contribution is 2.10. The second-order valence-electron chi connectivity index (χ2n) is 5.83. The lowest BCUT2D eigenvalue weighted by Gasteiger charge is -2.34. The lowest BCUT2D eigenvalue weighted by atomic mass is 10.3. The molecule has 1 aliphatic heterocycles. The van der Waals surface area contributed by atoms with Crippen LogP contribution in [0.2, 0.25) is 0 Å². The Kier molecular flexibility index (Phi) is 8.13. The summed E-state index contributed by atoms with van der Waals surface area (Å²) in [6, 6.07) is 0.160. The van der Waals surface area contributed by atoms with E-state index in [2.05, 4.69) is 10.2 Å². The maximum atomic E-state index is 12.1. The first kappa shape index (κ1) is 19.2. The number of thioether (sulfide) groups is 1. The van der Waals surface area contributed by atoms with Crippen molar-refractivity contribution in [2.45, 2.75) is 19.9 Å². The maximum Gasteiger partial charge on any atom is 0.234 e. The first-order chi connectivity index (χ1) is 10.3. The van der Waals surface area contributed by atoms with Crippen LogP contribution in [0.25, 0.3) is 0 Å². The van der Waals surface area contributed by atoms with Gasteiger partial charge in [-0.05, 0) is 13.8 Å². The molecule has 2 amide bonds. The van der Waals surface area contributed by atoms with E-state index in [4.69, 9.17) is 12.2 Å². The molecule has 1 N–H and O–H groups in total. The smallest absolute Gasteiger partial charge is 0.234 e. The Bertz CT molecular complexity index is 408. The van der Waals surface area contributed by atoms with Crippen LogP contribution >= 0.6 is 24.0 Å². The molecule has 1 saturated heterocycles. The van der Waals surface area contributed by atoms with Gasteiger partial charge < -0.3 is 15.1 Å².